The van der Waals surface area contributed by atoms with Crippen molar-refractivity contribution >= 4 is 17.5 Å². The van der Waals surface area contributed by atoms with Crippen LogP contribution in [0.25, 0.3) is 0 Å². The number of aromatic nitrogens is 2. The van der Waals surface area contributed by atoms with Crippen molar-refractivity contribution in [2.45, 2.75) is 0 Å². The number of nitriles is 1. The molecule has 0 saturated carbocycles. The van der Waals surface area contributed by atoms with Gasteiger partial charge in [-0.25, -0.2) is 9.37 Å². The monoisotopic (exact) mass is 381 g/mol. The number of hydrogen-bond acceptors (Lipinski definition) is 7. The molecule has 2 aromatic rings. The SMILES string of the molecule is CN1CCN(c2nccc(N3CCN(c4cc(F)cc(C#N)c4)CC3)n2)CC1. The van der Waals surface area contributed by atoms with E-state index in [9.17, 15) is 4.39 Å². The lowest BCUT2D eigenvalue weighted by molar-refractivity contribution is 0.311. The molecule has 28 heavy (non-hydrogen) atoms. The summed E-state index contributed by atoms with van der Waals surface area (Å²) in [6.07, 6.45) is 1.83. The molecule has 0 amide bonds. The fraction of sp³-hybridized carbons (Fsp3) is 0.450. The van der Waals surface area contributed by atoms with E-state index >= 15 is 0 Å². The van der Waals surface area contributed by atoms with Crippen molar-refractivity contribution < 1.29 is 4.39 Å². The second-order valence-corrected chi connectivity index (χ2v) is 7.29. The lowest BCUT2D eigenvalue weighted by Crippen LogP contribution is -2.47. The number of piperazine rings is 2. The average Bonchev–Trinajstić information content (AvgIpc) is 2.74. The molecule has 0 atom stereocenters. The van der Waals surface area contributed by atoms with Gasteiger partial charge in [-0.15, -0.1) is 0 Å². The van der Waals surface area contributed by atoms with Gasteiger partial charge in [0.15, 0.2) is 0 Å². The molecule has 146 valence electrons. The fourth-order valence-electron chi connectivity index (χ4n) is 3.69. The van der Waals surface area contributed by atoms with Gasteiger partial charge >= 0.3 is 0 Å². The number of rotatable bonds is 3. The lowest BCUT2D eigenvalue weighted by atomic mass is 10.1. The molecule has 2 fully saturated rings. The van der Waals surface area contributed by atoms with E-state index < -0.39 is 0 Å². The van der Waals surface area contributed by atoms with Crippen molar-refractivity contribution in [1.82, 2.24) is 14.9 Å². The molecule has 0 spiro atoms. The van der Waals surface area contributed by atoms with Gasteiger partial charge in [0, 0.05) is 64.2 Å². The second kappa shape index (κ2) is 7.98. The largest absolute Gasteiger partial charge is 0.368 e. The molecule has 4 rings (SSSR count). The molecule has 7 nitrogen and oxygen atoms in total. The van der Waals surface area contributed by atoms with Crippen molar-refractivity contribution in [2.75, 3.05) is 74.1 Å². The van der Waals surface area contributed by atoms with Gasteiger partial charge < -0.3 is 19.6 Å². The highest BCUT2D eigenvalue weighted by Crippen LogP contribution is 2.22. The van der Waals surface area contributed by atoms with E-state index in [0.29, 0.717) is 5.56 Å². The smallest absolute Gasteiger partial charge is 0.227 e. The Morgan fingerprint density at radius 1 is 0.929 bits per heavy atom. The van der Waals surface area contributed by atoms with Gasteiger partial charge in [-0.1, -0.05) is 0 Å². The zero-order valence-corrected chi connectivity index (χ0v) is 16.1. The predicted octanol–water partition coefficient (Wildman–Crippen LogP) is 1.57. The Bertz CT molecular complexity index is 865. The van der Waals surface area contributed by atoms with Gasteiger partial charge in [-0.3, -0.25) is 0 Å². The maximum Gasteiger partial charge on any atom is 0.227 e. The van der Waals surface area contributed by atoms with Gasteiger partial charge in [0.1, 0.15) is 11.6 Å². The number of benzene rings is 1. The molecule has 0 unspecified atom stereocenters. The van der Waals surface area contributed by atoms with E-state index in [1.165, 1.54) is 12.1 Å². The van der Waals surface area contributed by atoms with Crippen LogP contribution < -0.4 is 14.7 Å². The second-order valence-electron chi connectivity index (χ2n) is 7.29. The average molecular weight is 381 g/mol. The summed E-state index contributed by atoms with van der Waals surface area (Å²) < 4.78 is 13.7. The maximum absolute atomic E-state index is 13.7. The highest BCUT2D eigenvalue weighted by molar-refractivity contribution is 5.54. The molecule has 0 radical (unpaired) electrons. The van der Waals surface area contributed by atoms with E-state index in [4.69, 9.17) is 10.2 Å². The third-order valence-electron chi connectivity index (χ3n) is 5.39. The number of anilines is 3. The molecule has 2 saturated heterocycles. The summed E-state index contributed by atoms with van der Waals surface area (Å²) >= 11 is 0. The quantitative estimate of drug-likeness (QED) is 0.800. The van der Waals surface area contributed by atoms with Crippen molar-refractivity contribution in [2.24, 2.45) is 0 Å². The van der Waals surface area contributed by atoms with Crippen molar-refractivity contribution in [3.8, 4) is 6.07 Å². The first-order chi connectivity index (χ1) is 13.6. The Morgan fingerprint density at radius 3 is 2.32 bits per heavy atom. The number of nitrogens with zero attached hydrogens (tertiary/aromatic N) is 7. The van der Waals surface area contributed by atoms with Gasteiger partial charge in [0.05, 0.1) is 11.6 Å². The molecule has 3 heterocycles. The Kier molecular flexibility index (Phi) is 5.26. The Labute approximate surface area is 164 Å². The summed E-state index contributed by atoms with van der Waals surface area (Å²) in [5.74, 6) is 1.35. The Balaban J connectivity index is 1.42. The van der Waals surface area contributed by atoms with Gasteiger partial charge in [-0.05, 0) is 31.3 Å². The normalized spacial score (nSPS) is 18.2. The first-order valence-corrected chi connectivity index (χ1v) is 9.59. The Hall–Kier alpha value is -2.92. The minimum absolute atomic E-state index is 0.352. The first-order valence-electron chi connectivity index (χ1n) is 9.59. The molecule has 1 aromatic heterocycles. The summed E-state index contributed by atoms with van der Waals surface area (Å²) in [6, 6.07) is 8.47. The molecule has 2 aliphatic rings. The molecule has 0 bridgehead atoms. The van der Waals surface area contributed by atoms with Crippen LogP contribution in [0.1, 0.15) is 5.56 Å². The van der Waals surface area contributed by atoms with Gasteiger partial charge in [0.25, 0.3) is 0 Å². The van der Waals surface area contributed by atoms with E-state index in [1.807, 2.05) is 18.3 Å². The van der Waals surface area contributed by atoms with Gasteiger partial charge in [-0.2, -0.15) is 10.2 Å². The van der Waals surface area contributed by atoms with E-state index in [0.717, 1.165) is 69.8 Å². The summed E-state index contributed by atoms with van der Waals surface area (Å²) in [4.78, 5) is 18.1. The number of halogens is 1. The van der Waals surface area contributed by atoms with Crippen molar-refractivity contribution in [3.05, 3.63) is 41.8 Å². The van der Waals surface area contributed by atoms with Crippen LogP contribution in [0.2, 0.25) is 0 Å². The van der Waals surface area contributed by atoms with Crippen LogP contribution in [0.5, 0.6) is 0 Å². The van der Waals surface area contributed by atoms with Crippen LogP contribution in [0.15, 0.2) is 30.5 Å². The van der Waals surface area contributed by atoms with Gasteiger partial charge in [0.2, 0.25) is 5.95 Å². The molecule has 0 aliphatic carbocycles. The highest BCUT2D eigenvalue weighted by Gasteiger charge is 2.21. The Morgan fingerprint density at radius 2 is 1.61 bits per heavy atom. The number of likely N-dealkylation sites (N-methyl/N-ethyl adjacent to an activating group) is 1. The zero-order valence-electron chi connectivity index (χ0n) is 16.1. The van der Waals surface area contributed by atoms with Crippen LogP contribution in [0, 0.1) is 17.1 Å². The van der Waals surface area contributed by atoms with Crippen LogP contribution >= 0.6 is 0 Å². The maximum atomic E-state index is 13.7. The summed E-state index contributed by atoms with van der Waals surface area (Å²) in [7, 11) is 2.13. The standard InChI is InChI=1S/C20H24FN7/c1-25-4-6-28(7-5-25)20-23-3-2-19(24-20)27-10-8-26(9-11-27)18-13-16(15-22)12-17(21)14-18/h2-3,12-14H,4-11H2,1H3. The summed E-state index contributed by atoms with van der Waals surface area (Å²) in [6.45, 7) is 7.00. The minimum Gasteiger partial charge on any atom is -0.368 e. The zero-order chi connectivity index (χ0) is 19.5. The molecule has 2 aliphatic heterocycles. The molecule has 8 heteroatoms. The fourth-order valence-corrected chi connectivity index (χ4v) is 3.69. The third kappa shape index (κ3) is 3.99. The first kappa shape index (κ1) is 18.4. The van der Waals surface area contributed by atoms with E-state index in [1.54, 1.807) is 6.07 Å². The highest BCUT2D eigenvalue weighted by atomic mass is 19.1. The van der Waals surface area contributed by atoms with Crippen LogP contribution in [0.4, 0.5) is 21.8 Å². The van der Waals surface area contributed by atoms with Crippen LogP contribution in [0.3, 0.4) is 0 Å². The lowest BCUT2D eigenvalue weighted by Gasteiger charge is -2.37. The van der Waals surface area contributed by atoms with Crippen molar-refractivity contribution in [1.29, 1.82) is 5.26 Å². The summed E-state index contributed by atoms with van der Waals surface area (Å²) in [5.41, 5.74) is 1.11. The number of hydrogen-bond donors (Lipinski definition) is 0. The topological polar surface area (TPSA) is 62.5 Å². The van der Waals surface area contributed by atoms with Crippen LogP contribution in [-0.4, -0.2) is 74.3 Å². The molecule has 0 N–H and O–H groups in total. The van der Waals surface area contributed by atoms with Crippen LogP contribution in [-0.2, 0) is 0 Å². The minimum atomic E-state index is -0.371. The summed E-state index contributed by atoms with van der Waals surface area (Å²) in [5, 5.41) is 9.06. The van der Waals surface area contributed by atoms with E-state index in [2.05, 4.69) is 31.6 Å². The van der Waals surface area contributed by atoms with Crippen molar-refractivity contribution in [3.63, 3.8) is 0 Å². The molecular weight excluding hydrogens is 357 g/mol. The third-order valence-corrected chi connectivity index (χ3v) is 5.39. The molecular formula is C20H24FN7. The predicted molar refractivity (Wildman–Crippen MR) is 107 cm³/mol. The molecule has 1 aromatic carbocycles. The van der Waals surface area contributed by atoms with E-state index in [-0.39, 0.29) is 5.82 Å².